The number of nitrogens with one attached hydrogen (secondary N) is 1. The molecule has 1 atom stereocenters. The molecule has 1 aromatic heterocycles. The minimum absolute atomic E-state index is 0.539. The van der Waals surface area contributed by atoms with Crippen LogP contribution in [0.1, 0.15) is 31.4 Å². The second-order valence-electron chi connectivity index (χ2n) is 7.15. The standard InChI is InChI=1S/C19H33N7O/c1-4-27-13-7-9-20-19(21-14-18-23-22-16(2)24(18)3)26-12-8-17(15-26)25-10-5-6-11-25/h5-6,17H,4,7-15H2,1-3H3,(H,20,21). The Hall–Kier alpha value is -1.93. The molecule has 150 valence electrons. The van der Waals surface area contributed by atoms with Gasteiger partial charge in [-0.15, -0.1) is 10.2 Å². The highest BCUT2D eigenvalue weighted by atomic mass is 16.5. The van der Waals surface area contributed by atoms with Crippen LogP contribution in [0, 0.1) is 6.92 Å². The molecule has 0 radical (unpaired) electrons. The Kier molecular flexibility index (Phi) is 7.23. The molecular formula is C19H33N7O. The quantitative estimate of drug-likeness (QED) is 0.316. The summed E-state index contributed by atoms with van der Waals surface area (Å²) in [6, 6.07) is 0.604. The number of nitrogens with zero attached hydrogens (tertiary/aromatic N) is 6. The van der Waals surface area contributed by atoms with E-state index in [0.717, 1.165) is 70.0 Å². The summed E-state index contributed by atoms with van der Waals surface area (Å²) in [5.41, 5.74) is 0. The van der Waals surface area contributed by atoms with Crippen molar-refractivity contribution in [3.8, 4) is 0 Å². The highest BCUT2D eigenvalue weighted by molar-refractivity contribution is 5.80. The molecule has 8 heteroatoms. The Bertz CT molecular complexity index is 646. The second kappa shape index (κ2) is 9.85. The van der Waals surface area contributed by atoms with Gasteiger partial charge in [-0.3, -0.25) is 4.90 Å². The first-order valence-electron chi connectivity index (χ1n) is 10.0. The van der Waals surface area contributed by atoms with E-state index in [-0.39, 0.29) is 0 Å². The van der Waals surface area contributed by atoms with E-state index in [1.54, 1.807) is 0 Å². The van der Waals surface area contributed by atoms with Crippen LogP contribution in [0.5, 0.6) is 0 Å². The minimum Gasteiger partial charge on any atom is -0.382 e. The molecule has 1 fully saturated rings. The highest BCUT2D eigenvalue weighted by Gasteiger charge is 2.29. The van der Waals surface area contributed by atoms with Gasteiger partial charge < -0.3 is 19.5 Å². The fourth-order valence-electron chi connectivity index (χ4n) is 3.55. The maximum Gasteiger partial charge on any atom is 0.194 e. The van der Waals surface area contributed by atoms with Gasteiger partial charge in [-0.05, 0) is 26.7 Å². The molecule has 0 aromatic carbocycles. The third-order valence-electron chi connectivity index (χ3n) is 5.33. The zero-order valence-electron chi connectivity index (χ0n) is 16.9. The molecule has 0 amide bonds. The van der Waals surface area contributed by atoms with Gasteiger partial charge in [0.15, 0.2) is 11.8 Å². The van der Waals surface area contributed by atoms with Gasteiger partial charge in [-0.2, -0.15) is 0 Å². The molecule has 2 aliphatic heterocycles. The molecule has 1 aromatic rings. The normalized spacial score (nSPS) is 20.8. The van der Waals surface area contributed by atoms with Crippen molar-refractivity contribution in [3.05, 3.63) is 23.8 Å². The Morgan fingerprint density at radius 2 is 2.15 bits per heavy atom. The van der Waals surface area contributed by atoms with Gasteiger partial charge in [0.05, 0.1) is 0 Å². The summed E-state index contributed by atoms with van der Waals surface area (Å²) >= 11 is 0. The van der Waals surface area contributed by atoms with Crippen LogP contribution in [-0.4, -0.2) is 82.5 Å². The number of aryl methyl sites for hydroxylation is 1. The number of aromatic nitrogens is 3. The van der Waals surface area contributed by atoms with Gasteiger partial charge in [0.25, 0.3) is 0 Å². The van der Waals surface area contributed by atoms with Crippen molar-refractivity contribution < 1.29 is 4.74 Å². The minimum atomic E-state index is 0.539. The molecule has 0 saturated carbocycles. The number of ether oxygens (including phenoxy) is 1. The van der Waals surface area contributed by atoms with Gasteiger partial charge in [0.1, 0.15) is 12.4 Å². The van der Waals surface area contributed by atoms with E-state index < -0.39 is 0 Å². The number of guanidine groups is 1. The van der Waals surface area contributed by atoms with Gasteiger partial charge in [-0.1, -0.05) is 12.2 Å². The molecule has 3 heterocycles. The molecule has 0 aliphatic carbocycles. The van der Waals surface area contributed by atoms with Crippen molar-refractivity contribution in [2.45, 2.75) is 39.3 Å². The van der Waals surface area contributed by atoms with Gasteiger partial charge in [-0.25, -0.2) is 4.99 Å². The predicted molar refractivity (Wildman–Crippen MR) is 107 cm³/mol. The van der Waals surface area contributed by atoms with Crippen molar-refractivity contribution in [2.75, 3.05) is 45.9 Å². The fourth-order valence-corrected chi connectivity index (χ4v) is 3.55. The Labute approximate surface area is 162 Å². The van der Waals surface area contributed by atoms with Crippen molar-refractivity contribution >= 4 is 5.96 Å². The Morgan fingerprint density at radius 3 is 2.85 bits per heavy atom. The molecular weight excluding hydrogens is 342 g/mol. The van der Waals surface area contributed by atoms with E-state index in [9.17, 15) is 0 Å². The summed E-state index contributed by atoms with van der Waals surface area (Å²) in [6.07, 6.45) is 6.69. The van der Waals surface area contributed by atoms with Crippen LogP contribution in [0.4, 0.5) is 0 Å². The third kappa shape index (κ3) is 5.29. The van der Waals surface area contributed by atoms with E-state index in [1.165, 1.54) is 6.42 Å². The van der Waals surface area contributed by atoms with E-state index >= 15 is 0 Å². The zero-order chi connectivity index (χ0) is 19.1. The van der Waals surface area contributed by atoms with Crippen LogP contribution < -0.4 is 5.32 Å². The molecule has 2 aliphatic rings. The molecule has 27 heavy (non-hydrogen) atoms. The van der Waals surface area contributed by atoms with E-state index in [0.29, 0.717) is 12.6 Å². The molecule has 1 saturated heterocycles. The number of hydrogen-bond donors (Lipinski definition) is 1. The lowest BCUT2D eigenvalue weighted by Crippen LogP contribution is -2.43. The summed E-state index contributed by atoms with van der Waals surface area (Å²) in [7, 11) is 1.99. The monoisotopic (exact) mass is 375 g/mol. The molecule has 1 unspecified atom stereocenters. The van der Waals surface area contributed by atoms with Crippen LogP contribution in [0.15, 0.2) is 17.1 Å². The third-order valence-corrected chi connectivity index (χ3v) is 5.33. The summed E-state index contributed by atoms with van der Waals surface area (Å²) in [5.74, 6) is 2.77. The second-order valence-corrected chi connectivity index (χ2v) is 7.15. The molecule has 3 rings (SSSR count). The van der Waals surface area contributed by atoms with Crippen molar-refractivity contribution in [2.24, 2.45) is 12.0 Å². The van der Waals surface area contributed by atoms with Crippen LogP contribution >= 0.6 is 0 Å². The first-order chi connectivity index (χ1) is 13.2. The highest BCUT2D eigenvalue weighted by Crippen LogP contribution is 2.18. The van der Waals surface area contributed by atoms with Crippen molar-refractivity contribution in [1.82, 2.24) is 29.9 Å². The smallest absolute Gasteiger partial charge is 0.194 e. The van der Waals surface area contributed by atoms with Crippen LogP contribution in [-0.2, 0) is 18.3 Å². The van der Waals surface area contributed by atoms with E-state index in [4.69, 9.17) is 9.73 Å². The molecule has 0 spiro atoms. The first kappa shape index (κ1) is 19.8. The maximum absolute atomic E-state index is 5.44. The lowest BCUT2D eigenvalue weighted by atomic mass is 10.2. The maximum atomic E-state index is 5.44. The van der Waals surface area contributed by atoms with Gasteiger partial charge in [0.2, 0.25) is 0 Å². The largest absolute Gasteiger partial charge is 0.382 e. The van der Waals surface area contributed by atoms with E-state index in [2.05, 4.69) is 37.5 Å². The summed E-state index contributed by atoms with van der Waals surface area (Å²) in [5, 5.41) is 11.9. The number of aliphatic imine (C=N–C) groups is 1. The average molecular weight is 376 g/mol. The zero-order valence-corrected chi connectivity index (χ0v) is 16.9. The average Bonchev–Trinajstić information content (AvgIpc) is 3.41. The van der Waals surface area contributed by atoms with Crippen molar-refractivity contribution in [3.63, 3.8) is 0 Å². The Morgan fingerprint density at radius 1 is 1.33 bits per heavy atom. The summed E-state index contributed by atoms with van der Waals surface area (Å²) in [6.45, 7) is 11.2. The van der Waals surface area contributed by atoms with Crippen LogP contribution in [0.3, 0.4) is 0 Å². The van der Waals surface area contributed by atoms with Crippen LogP contribution in [0.2, 0.25) is 0 Å². The number of rotatable bonds is 8. The predicted octanol–water partition coefficient (Wildman–Crippen LogP) is 0.942. The number of hydrogen-bond acceptors (Lipinski definition) is 5. The molecule has 1 N–H and O–H groups in total. The molecule has 8 nitrogen and oxygen atoms in total. The lowest BCUT2D eigenvalue weighted by molar-refractivity contribution is 0.145. The van der Waals surface area contributed by atoms with Gasteiger partial charge in [0, 0.05) is 59.0 Å². The fraction of sp³-hybridized carbons (Fsp3) is 0.737. The molecule has 0 bridgehead atoms. The Balaban J connectivity index is 1.60. The van der Waals surface area contributed by atoms with E-state index in [1.807, 2.05) is 25.5 Å². The van der Waals surface area contributed by atoms with Crippen LogP contribution in [0.25, 0.3) is 0 Å². The number of likely N-dealkylation sites (tertiary alicyclic amines) is 1. The summed E-state index contributed by atoms with van der Waals surface area (Å²) < 4.78 is 7.44. The van der Waals surface area contributed by atoms with Crippen molar-refractivity contribution in [1.29, 1.82) is 0 Å². The SMILES string of the molecule is CCOCCCNC(=NCc1nnc(C)n1C)N1CCC(N2CC=CC2)C1. The topological polar surface area (TPSA) is 70.8 Å². The van der Waals surface area contributed by atoms with Gasteiger partial charge >= 0.3 is 0 Å². The first-order valence-corrected chi connectivity index (χ1v) is 10.0. The lowest BCUT2D eigenvalue weighted by Gasteiger charge is -2.25. The summed E-state index contributed by atoms with van der Waals surface area (Å²) in [4.78, 5) is 9.78.